The van der Waals surface area contributed by atoms with E-state index in [-0.39, 0.29) is 5.41 Å². The van der Waals surface area contributed by atoms with Crippen LogP contribution in [0.2, 0.25) is 0 Å². The Morgan fingerprint density at radius 3 is 2.52 bits per heavy atom. The molecule has 0 atom stereocenters. The molecule has 1 heterocycles. The molecule has 0 saturated carbocycles. The minimum absolute atomic E-state index is 0.171. The van der Waals surface area contributed by atoms with E-state index in [1.165, 1.54) is 55.6 Å². The lowest BCUT2D eigenvalue weighted by atomic mass is 9.74. The molecule has 0 N–H and O–H groups in total. The summed E-state index contributed by atoms with van der Waals surface area (Å²) < 4.78 is 5.74. The van der Waals surface area contributed by atoms with E-state index >= 15 is 0 Å². The van der Waals surface area contributed by atoms with Gasteiger partial charge in [-0.15, -0.1) is 0 Å². The highest BCUT2D eigenvalue weighted by Crippen LogP contribution is 2.48. The maximum absolute atomic E-state index is 5.74. The van der Waals surface area contributed by atoms with E-state index in [9.17, 15) is 0 Å². The summed E-state index contributed by atoms with van der Waals surface area (Å²) in [6.07, 6.45) is 6.10. The standard InChI is InChI=1S/C23H33NO/c1-6-25-18(2)20-17-23(21-10-8-7-9-19(20)21)12-15-24(16-13-23)14-11-22(3,4)5/h7-10,17H,2,6,11-16H2,1,3-5H3. The summed E-state index contributed by atoms with van der Waals surface area (Å²) in [5.74, 6) is 0.821. The third-order valence-electron chi connectivity index (χ3n) is 5.72. The third-order valence-corrected chi connectivity index (χ3v) is 5.72. The van der Waals surface area contributed by atoms with E-state index < -0.39 is 0 Å². The van der Waals surface area contributed by atoms with Gasteiger partial charge in [0.1, 0.15) is 5.76 Å². The molecule has 3 rings (SSSR count). The first kappa shape index (κ1) is 18.3. The molecule has 136 valence electrons. The molecule has 1 aromatic carbocycles. The van der Waals surface area contributed by atoms with Crippen LogP contribution < -0.4 is 0 Å². The number of hydrogen-bond acceptors (Lipinski definition) is 2. The topological polar surface area (TPSA) is 12.5 Å². The highest BCUT2D eigenvalue weighted by Gasteiger charge is 2.41. The van der Waals surface area contributed by atoms with Crippen LogP contribution in [-0.4, -0.2) is 31.1 Å². The van der Waals surface area contributed by atoms with Crippen molar-refractivity contribution < 1.29 is 4.74 Å². The zero-order valence-corrected chi connectivity index (χ0v) is 16.4. The van der Waals surface area contributed by atoms with Gasteiger partial charge in [-0.1, -0.05) is 57.7 Å². The number of allylic oxidation sites excluding steroid dienone is 2. The molecule has 2 nitrogen and oxygen atoms in total. The molecule has 25 heavy (non-hydrogen) atoms. The van der Waals surface area contributed by atoms with Crippen molar-refractivity contribution in [3.63, 3.8) is 0 Å². The lowest BCUT2D eigenvalue weighted by Crippen LogP contribution is -2.42. The number of piperidine rings is 1. The molecule has 0 aromatic heterocycles. The molecule has 0 bridgehead atoms. The van der Waals surface area contributed by atoms with Crippen LogP contribution in [0.4, 0.5) is 0 Å². The van der Waals surface area contributed by atoms with Crippen LogP contribution >= 0.6 is 0 Å². The van der Waals surface area contributed by atoms with Crippen LogP contribution in [0.3, 0.4) is 0 Å². The minimum Gasteiger partial charge on any atom is -0.494 e. The van der Waals surface area contributed by atoms with Crippen molar-refractivity contribution >= 4 is 5.57 Å². The summed E-state index contributed by atoms with van der Waals surface area (Å²) in [7, 11) is 0. The second-order valence-electron chi connectivity index (χ2n) is 8.77. The lowest BCUT2D eigenvalue weighted by molar-refractivity contribution is 0.163. The quantitative estimate of drug-likeness (QED) is 0.666. The molecule has 1 spiro atoms. The first-order chi connectivity index (χ1) is 11.8. The second-order valence-corrected chi connectivity index (χ2v) is 8.77. The smallest absolute Gasteiger partial charge is 0.119 e. The molecule has 1 aliphatic carbocycles. The van der Waals surface area contributed by atoms with Crippen LogP contribution in [0.15, 0.2) is 42.7 Å². The molecule has 1 fully saturated rings. The van der Waals surface area contributed by atoms with Gasteiger partial charge in [-0.05, 0) is 62.4 Å². The van der Waals surface area contributed by atoms with Gasteiger partial charge in [0.15, 0.2) is 0 Å². The van der Waals surface area contributed by atoms with Crippen molar-refractivity contribution in [3.8, 4) is 0 Å². The van der Waals surface area contributed by atoms with Crippen LogP contribution in [0.25, 0.3) is 5.57 Å². The Morgan fingerprint density at radius 1 is 1.20 bits per heavy atom. The van der Waals surface area contributed by atoms with Crippen molar-refractivity contribution in [2.24, 2.45) is 5.41 Å². The SMILES string of the molecule is C=C(OCC)C1=CC2(CCN(CCC(C)(C)C)CC2)c2ccccc21. The van der Waals surface area contributed by atoms with E-state index in [1.54, 1.807) is 0 Å². The number of nitrogens with zero attached hydrogens (tertiary/aromatic N) is 1. The Hall–Kier alpha value is -1.54. The molecule has 1 saturated heterocycles. The van der Waals surface area contributed by atoms with Crippen molar-refractivity contribution in [3.05, 3.63) is 53.8 Å². The van der Waals surface area contributed by atoms with Gasteiger partial charge < -0.3 is 9.64 Å². The molecular formula is C23H33NO. The van der Waals surface area contributed by atoms with Crippen LogP contribution in [-0.2, 0) is 10.2 Å². The fraction of sp³-hybridized carbons (Fsp3) is 0.565. The Balaban J connectivity index is 1.77. The first-order valence-corrected chi connectivity index (χ1v) is 9.72. The summed E-state index contributed by atoms with van der Waals surface area (Å²) in [4.78, 5) is 2.64. The van der Waals surface area contributed by atoms with Gasteiger partial charge in [-0.2, -0.15) is 0 Å². The average molecular weight is 340 g/mol. The molecule has 0 amide bonds. The number of rotatable bonds is 5. The largest absolute Gasteiger partial charge is 0.494 e. The summed E-state index contributed by atoms with van der Waals surface area (Å²) in [6, 6.07) is 8.84. The summed E-state index contributed by atoms with van der Waals surface area (Å²) in [5.41, 5.74) is 4.59. The Morgan fingerprint density at radius 2 is 1.88 bits per heavy atom. The van der Waals surface area contributed by atoms with Crippen molar-refractivity contribution in [1.29, 1.82) is 0 Å². The first-order valence-electron chi connectivity index (χ1n) is 9.72. The maximum atomic E-state index is 5.74. The molecule has 2 aliphatic rings. The van der Waals surface area contributed by atoms with E-state index in [4.69, 9.17) is 4.74 Å². The molecule has 1 aromatic rings. The third kappa shape index (κ3) is 3.84. The van der Waals surface area contributed by atoms with Gasteiger partial charge in [-0.25, -0.2) is 0 Å². The van der Waals surface area contributed by atoms with Crippen molar-refractivity contribution in [2.75, 3.05) is 26.2 Å². The van der Waals surface area contributed by atoms with E-state index in [1.807, 2.05) is 6.92 Å². The number of ether oxygens (including phenoxy) is 1. The maximum Gasteiger partial charge on any atom is 0.119 e. The Labute approximate surface area is 153 Å². The summed E-state index contributed by atoms with van der Waals surface area (Å²) in [6.45, 7) is 17.4. The Kier molecular flexibility index (Phi) is 5.11. The van der Waals surface area contributed by atoms with Gasteiger partial charge in [0.25, 0.3) is 0 Å². The zero-order chi connectivity index (χ0) is 18.1. The van der Waals surface area contributed by atoms with E-state index in [2.05, 4.69) is 62.6 Å². The van der Waals surface area contributed by atoms with Gasteiger partial charge >= 0.3 is 0 Å². The summed E-state index contributed by atoms with van der Waals surface area (Å²) >= 11 is 0. The van der Waals surface area contributed by atoms with Gasteiger partial charge in [0.05, 0.1) is 6.61 Å². The highest BCUT2D eigenvalue weighted by atomic mass is 16.5. The number of likely N-dealkylation sites (tertiary alicyclic amines) is 1. The fourth-order valence-electron chi connectivity index (χ4n) is 4.15. The summed E-state index contributed by atoms with van der Waals surface area (Å²) in [5, 5.41) is 0. The van der Waals surface area contributed by atoms with Crippen molar-refractivity contribution in [1.82, 2.24) is 4.90 Å². The molecular weight excluding hydrogens is 306 g/mol. The predicted octanol–water partition coefficient (Wildman–Crippen LogP) is 5.40. The fourth-order valence-corrected chi connectivity index (χ4v) is 4.15. The monoisotopic (exact) mass is 339 g/mol. The predicted molar refractivity (Wildman–Crippen MR) is 107 cm³/mol. The van der Waals surface area contributed by atoms with E-state index in [0.717, 1.165) is 5.76 Å². The molecule has 0 unspecified atom stereocenters. The van der Waals surface area contributed by atoms with Crippen LogP contribution in [0.1, 0.15) is 58.1 Å². The number of fused-ring (bicyclic) bond motifs is 2. The van der Waals surface area contributed by atoms with Gasteiger partial charge in [0.2, 0.25) is 0 Å². The van der Waals surface area contributed by atoms with Crippen molar-refractivity contribution in [2.45, 2.75) is 52.4 Å². The number of benzene rings is 1. The second kappa shape index (κ2) is 6.99. The highest BCUT2D eigenvalue weighted by molar-refractivity contribution is 5.84. The zero-order valence-electron chi connectivity index (χ0n) is 16.4. The molecule has 0 radical (unpaired) electrons. The molecule has 2 heteroatoms. The van der Waals surface area contributed by atoms with Gasteiger partial charge in [0, 0.05) is 11.0 Å². The normalized spacial score (nSPS) is 19.6. The van der Waals surface area contributed by atoms with Crippen LogP contribution in [0.5, 0.6) is 0 Å². The Bertz CT molecular complexity index is 657. The molecule has 1 aliphatic heterocycles. The van der Waals surface area contributed by atoms with E-state index in [0.29, 0.717) is 12.0 Å². The lowest BCUT2D eigenvalue weighted by Gasteiger charge is -2.40. The van der Waals surface area contributed by atoms with Gasteiger partial charge in [-0.3, -0.25) is 0 Å². The van der Waals surface area contributed by atoms with Crippen LogP contribution in [0, 0.1) is 5.41 Å². The average Bonchev–Trinajstić information content (AvgIpc) is 2.89. The number of hydrogen-bond donors (Lipinski definition) is 0. The minimum atomic E-state index is 0.171.